The van der Waals surface area contributed by atoms with Gasteiger partial charge in [0, 0.05) is 43.5 Å². The van der Waals surface area contributed by atoms with E-state index >= 15 is 0 Å². The number of amides is 2. The van der Waals surface area contributed by atoms with E-state index in [0.717, 1.165) is 51.3 Å². The van der Waals surface area contributed by atoms with Crippen LogP contribution >= 0.6 is 0 Å². The van der Waals surface area contributed by atoms with Crippen molar-refractivity contribution in [2.75, 3.05) is 13.3 Å². The van der Waals surface area contributed by atoms with Gasteiger partial charge in [-0.3, -0.25) is 14.6 Å². The molecule has 188 valence electrons. The fraction of sp³-hybridized carbons (Fsp3) is 0.286. The number of benzene rings is 2. The molecule has 2 aliphatic heterocycles. The fourth-order valence-corrected chi connectivity index (χ4v) is 5.02. The zero-order valence-electron chi connectivity index (χ0n) is 20.5. The molecule has 0 atom stereocenters. The molecule has 0 radical (unpaired) electrons. The Labute approximate surface area is 213 Å². The van der Waals surface area contributed by atoms with E-state index in [-0.39, 0.29) is 18.6 Å². The van der Waals surface area contributed by atoms with Crippen LogP contribution in [-0.2, 0) is 30.7 Å². The molecule has 0 fully saturated rings. The largest absolute Gasteiger partial charge is 0.454 e. The van der Waals surface area contributed by atoms with Crippen LogP contribution in [0.5, 0.6) is 11.5 Å². The van der Waals surface area contributed by atoms with Gasteiger partial charge in [-0.2, -0.15) is 0 Å². The molecule has 6 rings (SSSR count). The number of carbonyl (C=O) groups excluding carboxylic acids is 2. The van der Waals surface area contributed by atoms with Gasteiger partial charge in [-0.1, -0.05) is 6.07 Å². The first-order chi connectivity index (χ1) is 18.0. The van der Waals surface area contributed by atoms with Crippen molar-refractivity contribution in [3.63, 3.8) is 0 Å². The Morgan fingerprint density at radius 2 is 2.00 bits per heavy atom. The highest BCUT2D eigenvalue weighted by molar-refractivity contribution is 5.97. The lowest BCUT2D eigenvalue weighted by Crippen LogP contribution is -2.37. The van der Waals surface area contributed by atoms with E-state index in [9.17, 15) is 9.59 Å². The second kappa shape index (κ2) is 9.57. The van der Waals surface area contributed by atoms with Crippen LogP contribution in [-0.4, -0.2) is 45.0 Å². The monoisotopic (exact) mass is 497 g/mol. The molecule has 9 nitrogen and oxygen atoms in total. The number of aryl methyl sites for hydroxylation is 2. The molecule has 0 saturated heterocycles. The zero-order valence-corrected chi connectivity index (χ0v) is 20.5. The van der Waals surface area contributed by atoms with Crippen LogP contribution < -0.4 is 14.8 Å². The third-order valence-corrected chi connectivity index (χ3v) is 7.12. The summed E-state index contributed by atoms with van der Waals surface area (Å²) in [5.74, 6) is 1.45. The normalized spacial score (nSPS) is 14.0. The Hall–Kier alpha value is -4.40. The molecule has 9 heteroatoms. The molecule has 0 bridgehead atoms. The summed E-state index contributed by atoms with van der Waals surface area (Å²) in [4.78, 5) is 39.5. The molecule has 0 aliphatic carbocycles. The van der Waals surface area contributed by atoms with E-state index < -0.39 is 0 Å². The minimum absolute atomic E-state index is 0.118. The van der Waals surface area contributed by atoms with Crippen LogP contribution in [0.1, 0.15) is 44.7 Å². The van der Waals surface area contributed by atoms with E-state index in [1.54, 1.807) is 18.5 Å². The molecule has 4 aromatic rings. The summed E-state index contributed by atoms with van der Waals surface area (Å²) in [6.07, 6.45) is 5.28. The van der Waals surface area contributed by atoms with E-state index in [1.807, 2.05) is 42.3 Å². The number of carbonyl (C=O) groups is 2. The van der Waals surface area contributed by atoms with Gasteiger partial charge in [0.05, 0.1) is 17.4 Å². The fourth-order valence-electron chi connectivity index (χ4n) is 5.02. The number of hydrogen-bond acceptors (Lipinski definition) is 6. The molecular formula is C28H27N5O4. The van der Waals surface area contributed by atoms with Gasteiger partial charge in [-0.25, -0.2) is 4.98 Å². The third kappa shape index (κ3) is 4.60. The van der Waals surface area contributed by atoms with Crippen LogP contribution in [0.25, 0.3) is 11.0 Å². The lowest BCUT2D eigenvalue weighted by Gasteiger charge is -2.30. The minimum atomic E-state index is -0.148. The van der Waals surface area contributed by atoms with Crippen LogP contribution in [0.3, 0.4) is 0 Å². The molecule has 2 amide bonds. The predicted molar refractivity (Wildman–Crippen MR) is 136 cm³/mol. The topological polar surface area (TPSA) is 109 Å². The molecule has 37 heavy (non-hydrogen) atoms. The maximum absolute atomic E-state index is 13.0. The van der Waals surface area contributed by atoms with Crippen molar-refractivity contribution in [3.8, 4) is 11.5 Å². The summed E-state index contributed by atoms with van der Waals surface area (Å²) < 4.78 is 10.8. The van der Waals surface area contributed by atoms with Crippen molar-refractivity contribution in [1.82, 2.24) is 25.2 Å². The van der Waals surface area contributed by atoms with E-state index in [4.69, 9.17) is 9.47 Å². The Balaban J connectivity index is 1.10. The number of ether oxygens (including phenoxy) is 2. The molecule has 0 saturated carbocycles. The number of imidazole rings is 1. The maximum Gasteiger partial charge on any atom is 0.251 e. The van der Waals surface area contributed by atoms with Crippen molar-refractivity contribution >= 4 is 22.8 Å². The lowest BCUT2D eigenvalue weighted by atomic mass is 9.94. The number of pyridine rings is 1. The Bertz CT molecular complexity index is 1510. The molecule has 2 N–H and O–H groups in total. The average molecular weight is 498 g/mol. The highest BCUT2D eigenvalue weighted by Crippen LogP contribution is 2.33. The highest BCUT2D eigenvalue weighted by atomic mass is 16.7. The first kappa shape index (κ1) is 23.0. The van der Waals surface area contributed by atoms with Gasteiger partial charge in [-0.05, 0) is 72.4 Å². The standard InChI is InChI=1S/C28H27N5O4/c1-17-22(13-30-28(35)19-4-5-23-24(11-19)32-15-31-23)21-8-9-33(14-20(21)12-29-17)27(34)7-3-18-2-6-25-26(10-18)37-16-36-25/h2,4-6,10-12,15H,3,7-9,13-14,16H2,1H3,(H,30,35)(H,31,32). The van der Waals surface area contributed by atoms with Gasteiger partial charge in [0.25, 0.3) is 5.91 Å². The average Bonchev–Trinajstić information content (AvgIpc) is 3.59. The summed E-state index contributed by atoms with van der Waals surface area (Å²) in [6.45, 7) is 3.76. The van der Waals surface area contributed by atoms with Crippen molar-refractivity contribution < 1.29 is 19.1 Å². The van der Waals surface area contributed by atoms with E-state index in [2.05, 4.69) is 20.3 Å². The number of aromatic amines is 1. The Morgan fingerprint density at radius 3 is 2.92 bits per heavy atom. The van der Waals surface area contributed by atoms with E-state index in [0.29, 0.717) is 38.0 Å². The molecule has 4 heterocycles. The number of rotatable bonds is 6. The number of nitrogens with one attached hydrogen (secondary N) is 2. The zero-order chi connectivity index (χ0) is 25.4. The number of aromatic nitrogens is 3. The van der Waals surface area contributed by atoms with Crippen molar-refractivity contribution in [1.29, 1.82) is 0 Å². The van der Waals surface area contributed by atoms with Gasteiger partial charge in [0.1, 0.15) is 0 Å². The summed E-state index contributed by atoms with van der Waals surface area (Å²) in [6, 6.07) is 11.2. The second-order valence-electron chi connectivity index (χ2n) is 9.40. The van der Waals surface area contributed by atoms with Crippen molar-refractivity contribution in [2.45, 2.75) is 39.3 Å². The first-order valence-corrected chi connectivity index (χ1v) is 12.4. The van der Waals surface area contributed by atoms with Gasteiger partial charge >= 0.3 is 0 Å². The minimum Gasteiger partial charge on any atom is -0.454 e. The van der Waals surface area contributed by atoms with Crippen LogP contribution in [0, 0.1) is 6.92 Å². The molecule has 2 aliphatic rings. The van der Waals surface area contributed by atoms with E-state index in [1.165, 1.54) is 5.56 Å². The summed E-state index contributed by atoms with van der Waals surface area (Å²) in [5.41, 5.74) is 7.41. The van der Waals surface area contributed by atoms with Crippen LogP contribution in [0.2, 0.25) is 0 Å². The summed E-state index contributed by atoms with van der Waals surface area (Å²) >= 11 is 0. The Morgan fingerprint density at radius 1 is 1.11 bits per heavy atom. The lowest BCUT2D eigenvalue weighted by molar-refractivity contribution is -0.132. The smallest absolute Gasteiger partial charge is 0.251 e. The Kier molecular flexibility index (Phi) is 5.96. The highest BCUT2D eigenvalue weighted by Gasteiger charge is 2.24. The van der Waals surface area contributed by atoms with Gasteiger partial charge in [0.15, 0.2) is 11.5 Å². The van der Waals surface area contributed by atoms with Crippen molar-refractivity contribution in [3.05, 3.63) is 82.4 Å². The third-order valence-electron chi connectivity index (χ3n) is 7.12. The summed E-state index contributed by atoms with van der Waals surface area (Å²) in [5, 5.41) is 3.04. The molecular weight excluding hydrogens is 470 g/mol. The number of fused-ring (bicyclic) bond motifs is 3. The molecule has 0 spiro atoms. The van der Waals surface area contributed by atoms with Gasteiger partial charge < -0.3 is 24.7 Å². The SMILES string of the molecule is Cc1ncc2c(c1CNC(=O)c1ccc3nc[nH]c3c1)CCN(C(=O)CCc1ccc3c(c1)OCO3)C2. The summed E-state index contributed by atoms with van der Waals surface area (Å²) in [7, 11) is 0. The van der Waals surface area contributed by atoms with Crippen LogP contribution in [0.15, 0.2) is 48.9 Å². The maximum atomic E-state index is 13.0. The molecule has 2 aromatic carbocycles. The first-order valence-electron chi connectivity index (χ1n) is 12.4. The second-order valence-corrected chi connectivity index (χ2v) is 9.40. The number of hydrogen-bond donors (Lipinski definition) is 2. The van der Waals surface area contributed by atoms with Gasteiger partial charge in [-0.15, -0.1) is 0 Å². The molecule has 2 aromatic heterocycles. The predicted octanol–water partition coefficient (Wildman–Crippen LogP) is 3.44. The number of H-pyrrole nitrogens is 1. The quantitative estimate of drug-likeness (QED) is 0.422. The van der Waals surface area contributed by atoms with Crippen LogP contribution in [0.4, 0.5) is 0 Å². The van der Waals surface area contributed by atoms with Gasteiger partial charge in [0.2, 0.25) is 12.7 Å². The van der Waals surface area contributed by atoms with Crippen molar-refractivity contribution in [2.24, 2.45) is 0 Å². The number of nitrogens with zero attached hydrogens (tertiary/aromatic N) is 3. The molecule has 0 unspecified atom stereocenters.